The first-order chi connectivity index (χ1) is 20.7. The van der Waals surface area contributed by atoms with Crippen LogP contribution in [0.15, 0.2) is 60.8 Å². The van der Waals surface area contributed by atoms with Crippen molar-refractivity contribution < 1.29 is 24.2 Å². The molecule has 0 bridgehead atoms. The molecule has 8 rings (SSSR count). The molecule has 3 N–H and O–H groups in total. The maximum absolute atomic E-state index is 14.2. The number of rotatable bonds is 4. The molecule has 3 fully saturated rings. The van der Waals surface area contributed by atoms with Gasteiger partial charge in [0.15, 0.2) is 0 Å². The Morgan fingerprint density at radius 2 is 1.98 bits per heavy atom. The largest absolute Gasteiger partial charge is 0.361 e. The quantitative estimate of drug-likeness (QED) is 0.434. The number of nitrogens with one attached hydrogen (secondary N) is 2. The summed E-state index contributed by atoms with van der Waals surface area (Å²) in [5.41, 5.74) is 3.58. The minimum Gasteiger partial charge on any atom is -0.361 e. The van der Waals surface area contributed by atoms with E-state index in [0.717, 1.165) is 28.6 Å². The third-order valence-electron chi connectivity index (χ3n) is 10.1. The van der Waals surface area contributed by atoms with Crippen LogP contribution in [0.5, 0.6) is 0 Å². The fourth-order valence-electron chi connectivity index (χ4n) is 8.12. The van der Waals surface area contributed by atoms with Gasteiger partial charge in [-0.15, -0.1) is 0 Å². The summed E-state index contributed by atoms with van der Waals surface area (Å²) >= 11 is 0. The summed E-state index contributed by atoms with van der Waals surface area (Å²) < 4.78 is 6.23. The van der Waals surface area contributed by atoms with Crippen LogP contribution in [0.2, 0.25) is 0 Å². The Morgan fingerprint density at radius 3 is 2.79 bits per heavy atom. The summed E-state index contributed by atoms with van der Waals surface area (Å²) in [5.74, 6) is -3.77. The lowest BCUT2D eigenvalue weighted by Crippen LogP contribution is -2.71. The molecule has 5 heterocycles. The molecule has 3 saturated heterocycles. The van der Waals surface area contributed by atoms with Crippen LogP contribution < -0.4 is 5.32 Å². The van der Waals surface area contributed by atoms with Gasteiger partial charge >= 0.3 is 0 Å². The van der Waals surface area contributed by atoms with Crippen LogP contribution in [-0.4, -0.2) is 92.4 Å². The van der Waals surface area contributed by atoms with Crippen LogP contribution in [0.1, 0.15) is 36.5 Å². The summed E-state index contributed by atoms with van der Waals surface area (Å²) in [4.78, 5) is 50.2. The average molecular weight is 582 g/mol. The fourth-order valence-corrected chi connectivity index (χ4v) is 8.12. The first-order valence-corrected chi connectivity index (χ1v) is 15.1. The van der Waals surface area contributed by atoms with E-state index >= 15 is 0 Å². The van der Waals surface area contributed by atoms with Gasteiger partial charge in [0.1, 0.15) is 12.1 Å². The number of benzene rings is 2. The van der Waals surface area contributed by atoms with Gasteiger partial charge in [-0.25, -0.2) is 0 Å². The van der Waals surface area contributed by atoms with Gasteiger partial charge in [-0.05, 0) is 61.6 Å². The van der Waals surface area contributed by atoms with E-state index in [-0.39, 0.29) is 24.3 Å². The summed E-state index contributed by atoms with van der Waals surface area (Å²) in [6, 6.07) is 14.1. The number of amides is 3. The Kier molecular flexibility index (Phi) is 5.73. The number of aliphatic hydroxyl groups is 1. The van der Waals surface area contributed by atoms with Gasteiger partial charge in [0.05, 0.1) is 5.92 Å². The van der Waals surface area contributed by atoms with E-state index in [9.17, 15) is 19.5 Å². The maximum Gasteiger partial charge on any atom is 0.280 e. The van der Waals surface area contributed by atoms with Gasteiger partial charge in [-0.1, -0.05) is 48.5 Å². The number of H-pyrrole nitrogens is 1. The van der Waals surface area contributed by atoms with Gasteiger partial charge in [0, 0.05) is 42.7 Å². The van der Waals surface area contributed by atoms with E-state index in [0.29, 0.717) is 25.9 Å². The van der Waals surface area contributed by atoms with Crippen molar-refractivity contribution >= 4 is 34.2 Å². The molecule has 222 valence electrons. The van der Waals surface area contributed by atoms with Crippen molar-refractivity contribution in [1.29, 1.82) is 0 Å². The SMILES string of the molecule is CN1C[C@H](C(=O)N[C@]2(C)O[C@@]3(O)[C@@H]4CCCN4C(=O)[C@H](Cc4ccccc4)N3C2=O)C=C2c3cccc4[nH]cc(c34)CC21. The predicted molar refractivity (Wildman–Crippen MR) is 158 cm³/mol. The molecule has 1 aliphatic carbocycles. The Labute approximate surface area is 249 Å². The second-order valence-corrected chi connectivity index (χ2v) is 12.8. The van der Waals surface area contributed by atoms with Crippen LogP contribution in [0, 0.1) is 5.92 Å². The number of ether oxygens (including phenoxy) is 1. The lowest BCUT2D eigenvalue weighted by atomic mass is 9.79. The molecule has 5 aliphatic rings. The van der Waals surface area contributed by atoms with Crippen molar-refractivity contribution in [2.45, 2.75) is 62.4 Å². The second-order valence-electron chi connectivity index (χ2n) is 12.8. The van der Waals surface area contributed by atoms with Crippen molar-refractivity contribution in [3.63, 3.8) is 0 Å². The van der Waals surface area contributed by atoms with E-state index in [1.807, 2.05) is 49.5 Å². The number of aromatic amines is 1. The number of hydrogen-bond acceptors (Lipinski definition) is 6. The number of aromatic nitrogens is 1. The van der Waals surface area contributed by atoms with E-state index in [2.05, 4.69) is 33.5 Å². The van der Waals surface area contributed by atoms with Gasteiger partial charge in [0.2, 0.25) is 17.5 Å². The smallest absolute Gasteiger partial charge is 0.280 e. The number of carbonyl (C=O) groups excluding carboxylic acids is 3. The summed E-state index contributed by atoms with van der Waals surface area (Å²) in [6.45, 7) is 2.45. The van der Waals surface area contributed by atoms with E-state index in [4.69, 9.17) is 4.74 Å². The molecule has 0 saturated carbocycles. The lowest BCUT2D eigenvalue weighted by molar-refractivity contribution is -0.315. The van der Waals surface area contributed by atoms with Crippen molar-refractivity contribution in [1.82, 2.24) is 25.0 Å². The molecule has 4 aliphatic heterocycles. The third kappa shape index (κ3) is 3.79. The molecule has 3 aromatic rings. The Hall–Kier alpha value is -3.99. The zero-order valence-corrected chi connectivity index (χ0v) is 24.2. The zero-order valence-electron chi connectivity index (χ0n) is 24.2. The molecule has 0 radical (unpaired) electrons. The van der Waals surface area contributed by atoms with Gasteiger partial charge in [-0.2, -0.15) is 0 Å². The van der Waals surface area contributed by atoms with Gasteiger partial charge < -0.3 is 20.3 Å². The molecule has 10 heteroatoms. The highest BCUT2D eigenvalue weighted by atomic mass is 16.7. The topological polar surface area (TPSA) is 118 Å². The standard InChI is InChI=1S/C33H35N5O5/c1-32(35-29(39)21-15-23-22-10-6-11-24-28(22)20(17-34-24)16-25(23)36(2)18-21)31(41)38-26(14-19-8-4-3-5-9-19)30(40)37-13-7-12-27(37)33(38,42)43-32/h3-6,8-11,15,17,21,25-27,34,42H,7,12-14,16,18H2,1-2H3,(H,35,39)/t21-,25?,26+,27+,32-,33+/m1/s1. The number of nitrogens with zero attached hydrogens (tertiary/aromatic N) is 3. The number of fused-ring (bicyclic) bond motifs is 5. The fraction of sp³-hybridized carbons (Fsp3) is 0.424. The Bertz CT molecular complexity index is 1700. The predicted octanol–water partition coefficient (Wildman–Crippen LogP) is 1.99. The molecule has 2 aromatic carbocycles. The number of hydrogen-bond donors (Lipinski definition) is 3. The number of likely N-dealkylation sites (N-methyl/N-ethyl adjacent to an activating group) is 1. The normalized spacial score (nSPS) is 33.3. The maximum atomic E-state index is 14.2. The first kappa shape index (κ1) is 26.6. The molecule has 10 nitrogen and oxygen atoms in total. The van der Waals surface area contributed by atoms with Gasteiger partial charge in [-0.3, -0.25) is 28.9 Å². The van der Waals surface area contributed by atoms with Crippen molar-refractivity contribution in [2.75, 3.05) is 20.1 Å². The molecule has 43 heavy (non-hydrogen) atoms. The van der Waals surface area contributed by atoms with Crippen LogP contribution in [0.25, 0.3) is 16.5 Å². The van der Waals surface area contributed by atoms with Gasteiger partial charge in [0.25, 0.3) is 11.8 Å². The third-order valence-corrected chi connectivity index (χ3v) is 10.1. The molecular weight excluding hydrogens is 546 g/mol. The number of carbonyl (C=O) groups is 3. The molecule has 0 spiro atoms. The molecule has 1 aromatic heterocycles. The minimum absolute atomic E-state index is 0.144. The monoisotopic (exact) mass is 581 g/mol. The Balaban J connectivity index is 1.11. The summed E-state index contributed by atoms with van der Waals surface area (Å²) in [7, 11) is 2.02. The number of piperazine rings is 1. The second kappa shape index (κ2) is 9.25. The van der Waals surface area contributed by atoms with Crippen LogP contribution in [0.3, 0.4) is 0 Å². The van der Waals surface area contributed by atoms with E-state index in [1.54, 1.807) is 4.90 Å². The Morgan fingerprint density at radius 1 is 1.16 bits per heavy atom. The van der Waals surface area contributed by atoms with Crippen LogP contribution >= 0.6 is 0 Å². The van der Waals surface area contributed by atoms with Crippen molar-refractivity contribution in [3.8, 4) is 0 Å². The first-order valence-electron chi connectivity index (χ1n) is 15.1. The highest BCUT2D eigenvalue weighted by Crippen LogP contribution is 2.46. The molecule has 3 amide bonds. The van der Waals surface area contributed by atoms with E-state index in [1.165, 1.54) is 22.8 Å². The molecule has 6 atom stereocenters. The summed E-state index contributed by atoms with van der Waals surface area (Å²) in [5, 5.41) is 16.1. The zero-order chi connectivity index (χ0) is 29.7. The molecular formula is C33H35N5O5. The van der Waals surface area contributed by atoms with Crippen molar-refractivity contribution in [2.24, 2.45) is 5.92 Å². The van der Waals surface area contributed by atoms with E-state index < -0.39 is 35.5 Å². The van der Waals surface area contributed by atoms with Crippen molar-refractivity contribution in [3.05, 3.63) is 77.5 Å². The highest BCUT2D eigenvalue weighted by molar-refractivity contribution is 6.00. The summed E-state index contributed by atoms with van der Waals surface area (Å²) in [6.07, 6.45) is 6.38. The average Bonchev–Trinajstić information content (AvgIpc) is 3.70. The lowest BCUT2D eigenvalue weighted by Gasteiger charge is -2.48. The minimum atomic E-state index is -2.04. The van der Waals surface area contributed by atoms with Crippen LogP contribution in [0.4, 0.5) is 0 Å². The highest BCUT2D eigenvalue weighted by Gasteiger charge is 2.70. The van der Waals surface area contributed by atoms with Crippen LogP contribution in [-0.2, 0) is 32.0 Å². The molecule has 1 unspecified atom stereocenters.